The third kappa shape index (κ3) is 2.12. The Morgan fingerprint density at radius 2 is 2.21 bits per heavy atom. The number of aliphatic hydroxyl groups is 1. The summed E-state index contributed by atoms with van der Waals surface area (Å²) in [5, 5.41) is 8.98. The molecule has 1 aliphatic heterocycles. The zero-order chi connectivity index (χ0) is 9.80. The fraction of sp³-hybridized carbons (Fsp3) is 0.500. The molecule has 0 aromatic heterocycles. The van der Waals surface area contributed by atoms with Crippen molar-refractivity contribution in [2.45, 2.75) is 18.8 Å². The molecule has 2 heteroatoms. The fourth-order valence-electron chi connectivity index (χ4n) is 2.06. The molecule has 0 bridgehead atoms. The number of rotatable bonds is 3. The molecular weight excluding hydrogens is 192 g/mol. The molecule has 1 aliphatic rings. The van der Waals surface area contributed by atoms with Gasteiger partial charge in [-0.05, 0) is 35.6 Å². The van der Waals surface area contributed by atoms with Gasteiger partial charge >= 0.3 is 0 Å². The second-order valence-electron chi connectivity index (χ2n) is 3.73. The highest BCUT2D eigenvalue weighted by molar-refractivity contribution is 7.99. The average Bonchev–Trinajstić information content (AvgIpc) is 2.72. The van der Waals surface area contributed by atoms with Crippen LogP contribution in [-0.2, 0) is 6.42 Å². The lowest BCUT2D eigenvalue weighted by Gasteiger charge is -2.13. The van der Waals surface area contributed by atoms with Crippen LogP contribution in [-0.4, -0.2) is 23.2 Å². The van der Waals surface area contributed by atoms with Gasteiger partial charge in [0.15, 0.2) is 0 Å². The lowest BCUT2D eigenvalue weighted by molar-refractivity contribution is 0.299. The van der Waals surface area contributed by atoms with Gasteiger partial charge in [0.05, 0.1) is 0 Å². The molecule has 76 valence electrons. The summed E-state index contributed by atoms with van der Waals surface area (Å²) in [6.45, 7) is 0.261. The summed E-state index contributed by atoms with van der Waals surface area (Å²) < 4.78 is 0. The van der Waals surface area contributed by atoms with E-state index in [-0.39, 0.29) is 6.61 Å². The Hall–Kier alpha value is -0.470. The van der Waals surface area contributed by atoms with Crippen molar-refractivity contribution in [2.75, 3.05) is 18.1 Å². The lowest BCUT2D eigenvalue weighted by Crippen LogP contribution is -2.03. The predicted octanol–water partition coefficient (Wildman–Crippen LogP) is 2.44. The Labute approximate surface area is 89.5 Å². The number of thioether (sulfide) groups is 1. The average molecular weight is 208 g/mol. The van der Waals surface area contributed by atoms with E-state index in [0.29, 0.717) is 0 Å². The smallest absolute Gasteiger partial charge is 0.0471 e. The van der Waals surface area contributed by atoms with Crippen molar-refractivity contribution in [2.24, 2.45) is 0 Å². The second kappa shape index (κ2) is 4.85. The predicted molar refractivity (Wildman–Crippen MR) is 61.9 cm³/mol. The van der Waals surface area contributed by atoms with E-state index in [9.17, 15) is 0 Å². The van der Waals surface area contributed by atoms with Gasteiger partial charge < -0.3 is 5.11 Å². The highest BCUT2D eigenvalue weighted by Crippen LogP contribution is 2.34. The molecule has 1 fully saturated rings. The minimum absolute atomic E-state index is 0.261. The zero-order valence-corrected chi connectivity index (χ0v) is 9.09. The van der Waals surface area contributed by atoms with E-state index in [1.165, 1.54) is 29.1 Å². The van der Waals surface area contributed by atoms with Crippen molar-refractivity contribution >= 4 is 11.8 Å². The molecule has 1 atom stereocenters. The third-order valence-corrected chi connectivity index (χ3v) is 3.97. The first-order chi connectivity index (χ1) is 6.92. The monoisotopic (exact) mass is 208 g/mol. The highest BCUT2D eigenvalue weighted by atomic mass is 32.2. The van der Waals surface area contributed by atoms with Crippen LogP contribution in [0.25, 0.3) is 0 Å². The SMILES string of the molecule is OCCc1ccccc1C1CCSC1. The van der Waals surface area contributed by atoms with Crippen molar-refractivity contribution in [3.63, 3.8) is 0 Å². The summed E-state index contributed by atoms with van der Waals surface area (Å²) in [6, 6.07) is 8.55. The lowest BCUT2D eigenvalue weighted by atomic mass is 9.92. The first-order valence-electron chi connectivity index (χ1n) is 5.18. The van der Waals surface area contributed by atoms with Crippen molar-refractivity contribution in [3.05, 3.63) is 35.4 Å². The largest absolute Gasteiger partial charge is 0.396 e. The topological polar surface area (TPSA) is 20.2 Å². The second-order valence-corrected chi connectivity index (χ2v) is 4.88. The molecular formula is C12H16OS. The van der Waals surface area contributed by atoms with E-state index in [2.05, 4.69) is 24.3 Å². The van der Waals surface area contributed by atoms with Crippen molar-refractivity contribution in [3.8, 4) is 0 Å². The molecule has 14 heavy (non-hydrogen) atoms. The fourth-order valence-corrected chi connectivity index (χ4v) is 3.31. The quantitative estimate of drug-likeness (QED) is 0.823. The van der Waals surface area contributed by atoms with Gasteiger partial charge in [-0.25, -0.2) is 0 Å². The summed E-state index contributed by atoms with van der Waals surface area (Å²) in [5.41, 5.74) is 2.80. The number of hydrogen-bond acceptors (Lipinski definition) is 2. The Morgan fingerprint density at radius 3 is 2.93 bits per heavy atom. The molecule has 2 rings (SSSR count). The molecule has 1 aromatic carbocycles. The molecule has 0 radical (unpaired) electrons. The Bertz CT molecular complexity index is 292. The highest BCUT2D eigenvalue weighted by Gasteiger charge is 2.19. The van der Waals surface area contributed by atoms with Crippen molar-refractivity contribution in [1.29, 1.82) is 0 Å². The van der Waals surface area contributed by atoms with Crippen LogP contribution in [0.4, 0.5) is 0 Å². The van der Waals surface area contributed by atoms with Crippen LogP contribution in [0.15, 0.2) is 24.3 Å². The van der Waals surface area contributed by atoms with Crippen LogP contribution in [0.3, 0.4) is 0 Å². The normalized spacial score (nSPS) is 21.4. The zero-order valence-electron chi connectivity index (χ0n) is 8.28. The van der Waals surface area contributed by atoms with Gasteiger partial charge in [-0.2, -0.15) is 11.8 Å². The summed E-state index contributed by atoms with van der Waals surface area (Å²) in [7, 11) is 0. The van der Waals surface area contributed by atoms with Crippen LogP contribution in [0, 0.1) is 0 Å². The Morgan fingerprint density at radius 1 is 1.36 bits per heavy atom. The minimum atomic E-state index is 0.261. The number of benzene rings is 1. The van der Waals surface area contributed by atoms with Gasteiger partial charge in [0, 0.05) is 12.4 Å². The first-order valence-corrected chi connectivity index (χ1v) is 6.33. The summed E-state index contributed by atoms with van der Waals surface area (Å²) in [5.74, 6) is 3.27. The molecule has 1 nitrogen and oxygen atoms in total. The summed E-state index contributed by atoms with van der Waals surface area (Å²) in [6.07, 6.45) is 2.10. The van der Waals surface area contributed by atoms with E-state index in [4.69, 9.17) is 5.11 Å². The van der Waals surface area contributed by atoms with Crippen molar-refractivity contribution < 1.29 is 5.11 Å². The van der Waals surface area contributed by atoms with E-state index in [0.717, 1.165) is 12.3 Å². The maximum atomic E-state index is 8.98. The minimum Gasteiger partial charge on any atom is -0.396 e. The van der Waals surface area contributed by atoms with Crippen LogP contribution >= 0.6 is 11.8 Å². The van der Waals surface area contributed by atoms with Gasteiger partial charge in [0.25, 0.3) is 0 Å². The first kappa shape index (κ1) is 10.1. The Balaban J connectivity index is 2.21. The van der Waals surface area contributed by atoms with Crippen LogP contribution in [0.5, 0.6) is 0 Å². The van der Waals surface area contributed by atoms with Gasteiger partial charge in [0.2, 0.25) is 0 Å². The molecule has 1 saturated heterocycles. The van der Waals surface area contributed by atoms with Crippen LogP contribution in [0.2, 0.25) is 0 Å². The van der Waals surface area contributed by atoms with Gasteiger partial charge in [-0.15, -0.1) is 0 Å². The van der Waals surface area contributed by atoms with E-state index < -0.39 is 0 Å². The molecule has 1 unspecified atom stereocenters. The van der Waals surface area contributed by atoms with Gasteiger partial charge in [0.1, 0.15) is 0 Å². The van der Waals surface area contributed by atoms with Gasteiger partial charge in [-0.1, -0.05) is 24.3 Å². The molecule has 0 amide bonds. The molecule has 0 aliphatic carbocycles. The molecule has 0 saturated carbocycles. The standard InChI is InChI=1S/C12H16OS/c13-7-5-10-3-1-2-4-12(10)11-6-8-14-9-11/h1-4,11,13H,5-9H2. The number of hydrogen-bond donors (Lipinski definition) is 1. The maximum absolute atomic E-state index is 8.98. The van der Waals surface area contributed by atoms with Crippen molar-refractivity contribution in [1.82, 2.24) is 0 Å². The van der Waals surface area contributed by atoms with E-state index in [1.807, 2.05) is 11.8 Å². The molecule has 0 spiro atoms. The van der Waals surface area contributed by atoms with Crippen LogP contribution < -0.4 is 0 Å². The van der Waals surface area contributed by atoms with E-state index >= 15 is 0 Å². The van der Waals surface area contributed by atoms with E-state index in [1.54, 1.807) is 0 Å². The molecule has 1 aromatic rings. The third-order valence-electron chi connectivity index (χ3n) is 2.81. The summed E-state index contributed by atoms with van der Waals surface area (Å²) in [4.78, 5) is 0. The van der Waals surface area contributed by atoms with Crippen LogP contribution in [0.1, 0.15) is 23.5 Å². The number of aliphatic hydroxyl groups excluding tert-OH is 1. The Kier molecular flexibility index (Phi) is 3.49. The molecule has 1 heterocycles. The van der Waals surface area contributed by atoms with Gasteiger partial charge in [-0.3, -0.25) is 0 Å². The molecule has 1 N–H and O–H groups in total. The maximum Gasteiger partial charge on any atom is 0.0471 e. The summed E-state index contributed by atoms with van der Waals surface area (Å²) >= 11 is 2.04.